The van der Waals surface area contributed by atoms with Crippen LogP contribution in [0.1, 0.15) is 15.9 Å². The van der Waals surface area contributed by atoms with Gasteiger partial charge >= 0.3 is 7.48 Å². The van der Waals surface area contributed by atoms with Gasteiger partial charge in [-0.3, -0.25) is 4.79 Å². The van der Waals surface area contributed by atoms with Gasteiger partial charge < -0.3 is 19.0 Å². The topological polar surface area (TPSA) is 48.0 Å². The van der Waals surface area contributed by atoms with E-state index in [1.807, 2.05) is 36.4 Å². The first kappa shape index (κ1) is 15.2. The van der Waals surface area contributed by atoms with Gasteiger partial charge in [0, 0.05) is 13.1 Å². The maximum atomic E-state index is 12.8. The highest BCUT2D eigenvalue weighted by Crippen LogP contribution is 2.27. The zero-order chi connectivity index (χ0) is 16.4. The van der Waals surface area contributed by atoms with Crippen LogP contribution in [-0.4, -0.2) is 44.6 Å². The Kier molecular flexibility index (Phi) is 4.23. The molecule has 0 spiro atoms. The first-order valence-corrected chi connectivity index (χ1v) is 8.03. The molecule has 6 heteroatoms. The van der Waals surface area contributed by atoms with E-state index in [-0.39, 0.29) is 5.91 Å². The monoisotopic (exact) mass is 322 g/mol. The normalized spacial score (nSPS) is 16.4. The Morgan fingerprint density at radius 3 is 2.83 bits per heavy atom. The number of hydrogen-bond acceptors (Lipinski definition) is 4. The molecule has 2 aromatic rings. The minimum absolute atomic E-state index is 0.0215. The summed E-state index contributed by atoms with van der Waals surface area (Å²) in [6, 6.07) is 13.2. The molecule has 2 aromatic carbocycles. The second kappa shape index (κ2) is 6.67. The SMILES string of the molecule is O=C(c1ccccc1Oc1ccc2c(c1)CO[B]2)N1CCOCC1. The molecule has 0 bridgehead atoms. The predicted molar refractivity (Wildman–Crippen MR) is 89.9 cm³/mol. The minimum Gasteiger partial charge on any atom is -0.457 e. The molecule has 0 atom stereocenters. The van der Waals surface area contributed by atoms with Crippen LogP contribution in [0.4, 0.5) is 0 Å². The van der Waals surface area contributed by atoms with Crippen molar-refractivity contribution in [3.8, 4) is 11.5 Å². The molecule has 1 saturated heterocycles. The van der Waals surface area contributed by atoms with Crippen LogP contribution >= 0.6 is 0 Å². The van der Waals surface area contributed by atoms with E-state index < -0.39 is 0 Å². The van der Waals surface area contributed by atoms with Crippen LogP contribution in [0.15, 0.2) is 42.5 Å². The van der Waals surface area contributed by atoms with E-state index in [0.717, 1.165) is 11.0 Å². The number of benzene rings is 2. The number of fused-ring (bicyclic) bond motifs is 1. The molecule has 24 heavy (non-hydrogen) atoms. The van der Waals surface area contributed by atoms with Gasteiger partial charge in [0.15, 0.2) is 0 Å². The van der Waals surface area contributed by atoms with Crippen LogP contribution in [0.3, 0.4) is 0 Å². The van der Waals surface area contributed by atoms with Crippen molar-refractivity contribution < 1.29 is 18.9 Å². The fourth-order valence-corrected chi connectivity index (χ4v) is 2.90. The zero-order valence-electron chi connectivity index (χ0n) is 13.2. The molecule has 4 rings (SSSR count). The lowest BCUT2D eigenvalue weighted by Gasteiger charge is -2.27. The van der Waals surface area contributed by atoms with Crippen LogP contribution in [0, 0.1) is 0 Å². The molecule has 1 fully saturated rings. The van der Waals surface area contributed by atoms with Crippen molar-refractivity contribution in [2.75, 3.05) is 26.3 Å². The summed E-state index contributed by atoms with van der Waals surface area (Å²) < 4.78 is 16.6. The lowest BCUT2D eigenvalue weighted by Crippen LogP contribution is -2.40. The van der Waals surface area contributed by atoms with Crippen molar-refractivity contribution in [3.63, 3.8) is 0 Å². The Morgan fingerprint density at radius 1 is 1.12 bits per heavy atom. The number of para-hydroxylation sites is 1. The molecule has 1 amide bonds. The highest BCUT2D eigenvalue weighted by atomic mass is 16.5. The first-order valence-electron chi connectivity index (χ1n) is 8.03. The van der Waals surface area contributed by atoms with Crippen molar-refractivity contribution >= 4 is 18.9 Å². The van der Waals surface area contributed by atoms with Gasteiger partial charge in [0.1, 0.15) is 11.5 Å². The van der Waals surface area contributed by atoms with Crippen LogP contribution in [0.5, 0.6) is 11.5 Å². The van der Waals surface area contributed by atoms with Crippen molar-refractivity contribution in [2.24, 2.45) is 0 Å². The highest BCUT2D eigenvalue weighted by molar-refractivity contribution is 6.48. The third-order valence-electron chi connectivity index (χ3n) is 4.21. The molecule has 0 N–H and O–H groups in total. The Labute approximate surface area is 141 Å². The standard InChI is InChI=1S/C18H17BNO4/c21-18(20-7-9-22-10-8-20)15-3-1-2-4-17(15)24-14-5-6-16-13(11-14)12-23-19-16/h1-6,11H,7-10,12H2. The lowest BCUT2D eigenvalue weighted by molar-refractivity contribution is 0.0301. The van der Waals surface area contributed by atoms with Crippen molar-refractivity contribution in [2.45, 2.75) is 6.61 Å². The van der Waals surface area contributed by atoms with Gasteiger partial charge in [-0.15, -0.1) is 0 Å². The predicted octanol–water partition coefficient (Wildman–Crippen LogP) is 1.73. The minimum atomic E-state index is -0.0215. The number of amides is 1. The summed E-state index contributed by atoms with van der Waals surface area (Å²) in [4.78, 5) is 14.6. The molecule has 2 heterocycles. The summed E-state index contributed by atoms with van der Waals surface area (Å²) in [7, 11) is 1.75. The van der Waals surface area contributed by atoms with E-state index in [9.17, 15) is 4.79 Å². The van der Waals surface area contributed by atoms with Crippen molar-refractivity contribution in [1.29, 1.82) is 0 Å². The van der Waals surface area contributed by atoms with Gasteiger partial charge in [0.25, 0.3) is 5.91 Å². The number of ether oxygens (including phenoxy) is 2. The smallest absolute Gasteiger partial charge is 0.330 e. The number of morpholine rings is 1. The van der Waals surface area contributed by atoms with E-state index in [4.69, 9.17) is 14.1 Å². The molecule has 0 unspecified atom stereocenters. The Hall–Kier alpha value is -2.31. The third-order valence-corrected chi connectivity index (χ3v) is 4.21. The van der Waals surface area contributed by atoms with E-state index in [0.29, 0.717) is 50.0 Å². The van der Waals surface area contributed by atoms with Gasteiger partial charge in [-0.25, -0.2) is 0 Å². The summed E-state index contributed by atoms with van der Waals surface area (Å²) in [6.07, 6.45) is 0. The van der Waals surface area contributed by atoms with Gasteiger partial charge in [0.2, 0.25) is 0 Å². The highest BCUT2D eigenvalue weighted by Gasteiger charge is 2.22. The van der Waals surface area contributed by atoms with E-state index in [2.05, 4.69) is 0 Å². The van der Waals surface area contributed by atoms with Crippen molar-refractivity contribution in [1.82, 2.24) is 4.90 Å². The molecule has 0 aliphatic carbocycles. The summed E-state index contributed by atoms with van der Waals surface area (Å²) >= 11 is 0. The molecule has 1 radical (unpaired) electrons. The zero-order valence-corrected chi connectivity index (χ0v) is 13.2. The molecule has 2 aliphatic rings. The molecular formula is C18H17BNO4. The fourth-order valence-electron chi connectivity index (χ4n) is 2.90. The Morgan fingerprint density at radius 2 is 1.96 bits per heavy atom. The Balaban J connectivity index is 1.58. The van der Waals surface area contributed by atoms with Gasteiger partial charge in [-0.05, 0) is 35.3 Å². The Bertz CT molecular complexity index is 758. The largest absolute Gasteiger partial charge is 0.457 e. The number of nitrogens with zero attached hydrogens (tertiary/aromatic N) is 1. The van der Waals surface area contributed by atoms with E-state index in [1.165, 1.54) is 0 Å². The molecule has 121 valence electrons. The third kappa shape index (κ3) is 3.03. The van der Waals surface area contributed by atoms with Gasteiger partial charge in [0.05, 0.1) is 25.4 Å². The number of hydrogen-bond donors (Lipinski definition) is 0. The molecule has 0 saturated carbocycles. The number of rotatable bonds is 3. The van der Waals surface area contributed by atoms with Gasteiger partial charge in [-0.2, -0.15) is 0 Å². The van der Waals surface area contributed by atoms with E-state index in [1.54, 1.807) is 18.4 Å². The van der Waals surface area contributed by atoms with Crippen molar-refractivity contribution in [3.05, 3.63) is 53.6 Å². The summed E-state index contributed by atoms with van der Waals surface area (Å²) in [5.74, 6) is 1.25. The maximum absolute atomic E-state index is 12.8. The average Bonchev–Trinajstić information content (AvgIpc) is 3.10. The van der Waals surface area contributed by atoms with Crippen LogP contribution in [0.2, 0.25) is 0 Å². The lowest BCUT2D eigenvalue weighted by atomic mass is 9.87. The van der Waals surface area contributed by atoms with Crippen LogP contribution < -0.4 is 10.2 Å². The molecular weight excluding hydrogens is 305 g/mol. The maximum Gasteiger partial charge on any atom is 0.330 e. The summed E-state index contributed by atoms with van der Waals surface area (Å²) in [5, 5.41) is 0. The van der Waals surface area contributed by atoms with Crippen LogP contribution in [-0.2, 0) is 16.0 Å². The molecule has 2 aliphatic heterocycles. The fraction of sp³-hybridized carbons (Fsp3) is 0.278. The quantitative estimate of drug-likeness (QED) is 0.808. The number of carbonyl (C=O) groups excluding carboxylic acids is 1. The summed E-state index contributed by atoms with van der Waals surface area (Å²) in [6.45, 7) is 2.94. The first-order chi connectivity index (χ1) is 11.8. The van der Waals surface area contributed by atoms with E-state index >= 15 is 0 Å². The second-order valence-electron chi connectivity index (χ2n) is 5.79. The summed E-state index contributed by atoms with van der Waals surface area (Å²) in [5.41, 5.74) is 2.73. The van der Waals surface area contributed by atoms with Gasteiger partial charge in [-0.1, -0.05) is 18.2 Å². The average molecular weight is 322 g/mol. The second-order valence-corrected chi connectivity index (χ2v) is 5.79. The number of carbonyl (C=O) groups is 1. The van der Waals surface area contributed by atoms with Crippen LogP contribution in [0.25, 0.3) is 0 Å². The molecule has 0 aromatic heterocycles. The molecule has 5 nitrogen and oxygen atoms in total.